The third kappa shape index (κ3) is 6.51. The average molecular weight is 476 g/mol. The Morgan fingerprint density at radius 2 is 1.59 bits per heavy atom. The third-order valence-corrected chi connectivity index (χ3v) is 5.64. The Morgan fingerprint density at radius 1 is 0.966 bits per heavy atom. The fourth-order valence-electron chi connectivity index (χ4n) is 2.78. The van der Waals surface area contributed by atoms with Crippen molar-refractivity contribution in [2.45, 2.75) is 45.8 Å². The molecule has 0 heterocycles. The van der Waals surface area contributed by atoms with E-state index in [2.05, 4.69) is 5.32 Å². The maximum atomic E-state index is 13.2. The first kappa shape index (κ1) is 23.8. The molecule has 2 aromatic rings. The predicted octanol–water partition coefficient (Wildman–Crippen LogP) is 5.78. The molecule has 0 aliphatic heterocycles. The second kappa shape index (κ2) is 10.5. The molecule has 2 amide bonds. The molecule has 0 saturated heterocycles. The molecule has 29 heavy (non-hydrogen) atoms. The molecule has 0 unspecified atom stereocenters. The van der Waals surface area contributed by atoms with E-state index in [0.717, 1.165) is 0 Å². The molecule has 0 aromatic heterocycles. The topological polar surface area (TPSA) is 49.4 Å². The number of halogens is 4. The van der Waals surface area contributed by atoms with Gasteiger partial charge in [-0.05, 0) is 56.2 Å². The second-order valence-electron chi connectivity index (χ2n) is 6.97. The highest BCUT2D eigenvalue weighted by Crippen LogP contribution is 2.27. The summed E-state index contributed by atoms with van der Waals surface area (Å²) in [7, 11) is 0. The van der Waals surface area contributed by atoms with Crippen molar-refractivity contribution in [3.63, 3.8) is 0 Å². The predicted molar refractivity (Wildman–Crippen MR) is 120 cm³/mol. The van der Waals surface area contributed by atoms with Gasteiger partial charge in [-0.1, -0.05) is 58.5 Å². The maximum Gasteiger partial charge on any atom is 0.242 e. The first-order valence-corrected chi connectivity index (χ1v) is 10.6. The quantitative estimate of drug-likeness (QED) is 0.551. The highest BCUT2D eigenvalue weighted by atomic mass is 35.5. The van der Waals surface area contributed by atoms with Crippen LogP contribution in [0.3, 0.4) is 0 Å². The number of hydrogen-bond acceptors (Lipinski definition) is 2. The zero-order chi connectivity index (χ0) is 21.7. The lowest BCUT2D eigenvalue weighted by molar-refractivity contribution is -0.140. The van der Waals surface area contributed by atoms with Crippen molar-refractivity contribution < 1.29 is 9.59 Å². The van der Waals surface area contributed by atoms with Gasteiger partial charge in [0.2, 0.25) is 11.8 Å². The van der Waals surface area contributed by atoms with E-state index in [-0.39, 0.29) is 30.8 Å². The molecule has 2 aromatic carbocycles. The van der Waals surface area contributed by atoms with Crippen LogP contribution in [-0.2, 0) is 22.6 Å². The molecular weight excluding hydrogens is 454 g/mol. The fourth-order valence-corrected chi connectivity index (χ4v) is 3.77. The lowest BCUT2D eigenvalue weighted by Gasteiger charge is -2.30. The van der Waals surface area contributed by atoms with Crippen LogP contribution in [-0.4, -0.2) is 28.8 Å². The van der Waals surface area contributed by atoms with Gasteiger partial charge in [-0.2, -0.15) is 0 Å². The number of amides is 2. The fraction of sp³-hybridized carbons (Fsp3) is 0.333. The summed E-state index contributed by atoms with van der Waals surface area (Å²) in [4.78, 5) is 27.3. The van der Waals surface area contributed by atoms with Gasteiger partial charge in [0.15, 0.2) is 0 Å². The molecule has 0 fully saturated rings. The SMILES string of the molecule is CC(C)NC(=O)[C@@H](C)N(Cc1ccc(Cl)cc1Cl)C(=O)Cc1c(Cl)cccc1Cl. The van der Waals surface area contributed by atoms with Crippen molar-refractivity contribution in [3.05, 3.63) is 67.6 Å². The minimum absolute atomic E-state index is 0.0387. The van der Waals surface area contributed by atoms with Crippen molar-refractivity contribution in [1.29, 1.82) is 0 Å². The number of hydrogen-bond donors (Lipinski definition) is 1. The van der Waals surface area contributed by atoms with Gasteiger partial charge in [0, 0.05) is 32.7 Å². The largest absolute Gasteiger partial charge is 0.352 e. The molecular formula is C21H22Cl4N2O2. The first-order valence-electron chi connectivity index (χ1n) is 9.06. The standard InChI is InChI=1S/C21H22Cl4N2O2/c1-12(2)26-21(29)13(3)27(11-14-7-8-15(22)9-19(14)25)20(28)10-16-17(23)5-4-6-18(16)24/h4-9,12-13H,10-11H2,1-3H3,(H,26,29)/t13-/m1/s1. The van der Waals surface area contributed by atoms with Crippen LogP contribution >= 0.6 is 46.4 Å². The van der Waals surface area contributed by atoms with Gasteiger partial charge in [0.1, 0.15) is 6.04 Å². The van der Waals surface area contributed by atoms with Gasteiger partial charge in [0.25, 0.3) is 0 Å². The lowest BCUT2D eigenvalue weighted by Crippen LogP contribution is -2.49. The Hall–Kier alpha value is -1.46. The summed E-state index contributed by atoms with van der Waals surface area (Å²) in [5, 5.41) is 4.54. The number of rotatable bonds is 7. The van der Waals surface area contributed by atoms with Crippen molar-refractivity contribution >= 4 is 58.2 Å². The molecule has 4 nitrogen and oxygen atoms in total. The van der Waals surface area contributed by atoms with Crippen LogP contribution < -0.4 is 5.32 Å². The third-order valence-electron chi connectivity index (χ3n) is 4.34. The Balaban J connectivity index is 2.34. The molecule has 156 valence electrons. The van der Waals surface area contributed by atoms with E-state index in [9.17, 15) is 9.59 Å². The maximum absolute atomic E-state index is 13.2. The molecule has 8 heteroatoms. The molecule has 0 saturated carbocycles. The van der Waals surface area contributed by atoms with Crippen molar-refractivity contribution in [1.82, 2.24) is 10.2 Å². The summed E-state index contributed by atoms with van der Waals surface area (Å²) >= 11 is 24.7. The van der Waals surface area contributed by atoms with Crippen LogP contribution in [0.4, 0.5) is 0 Å². The number of nitrogens with zero attached hydrogens (tertiary/aromatic N) is 1. The molecule has 0 aliphatic rings. The van der Waals surface area contributed by atoms with Crippen LogP contribution in [0.2, 0.25) is 20.1 Å². The van der Waals surface area contributed by atoms with Crippen LogP contribution in [0.1, 0.15) is 31.9 Å². The minimum atomic E-state index is -0.724. The molecule has 0 radical (unpaired) electrons. The first-order chi connectivity index (χ1) is 13.6. The van der Waals surface area contributed by atoms with E-state index in [1.807, 2.05) is 13.8 Å². The summed E-state index contributed by atoms with van der Waals surface area (Å²) < 4.78 is 0. The number of benzene rings is 2. The molecule has 2 rings (SSSR count). The summed E-state index contributed by atoms with van der Waals surface area (Å²) in [6, 6.07) is 9.30. The Bertz CT molecular complexity index is 882. The van der Waals surface area contributed by atoms with Crippen LogP contribution in [0.15, 0.2) is 36.4 Å². The number of carbonyl (C=O) groups excluding carboxylic acids is 2. The number of nitrogens with one attached hydrogen (secondary N) is 1. The van der Waals surface area contributed by atoms with Gasteiger partial charge >= 0.3 is 0 Å². The van der Waals surface area contributed by atoms with E-state index >= 15 is 0 Å². The van der Waals surface area contributed by atoms with E-state index in [0.29, 0.717) is 31.2 Å². The normalized spacial score (nSPS) is 12.0. The van der Waals surface area contributed by atoms with Gasteiger partial charge in [-0.25, -0.2) is 0 Å². The van der Waals surface area contributed by atoms with Gasteiger partial charge in [-0.15, -0.1) is 0 Å². The molecule has 0 bridgehead atoms. The van der Waals surface area contributed by atoms with Crippen LogP contribution in [0, 0.1) is 0 Å². The minimum Gasteiger partial charge on any atom is -0.352 e. The summed E-state index contributed by atoms with van der Waals surface area (Å²) in [6.45, 7) is 5.53. The monoisotopic (exact) mass is 474 g/mol. The molecule has 1 N–H and O–H groups in total. The molecule has 1 atom stereocenters. The van der Waals surface area contributed by atoms with Crippen LogP contribution in [0.5, 0.6) is 0 Å². The Kier molecular flexibility index (Phi) is 8.65. The van der Waals surface area contributed by atoms with E-state index in [1.165, 1.54) is 4.90 Å². The Labute approximate surface area is 191 Å². The molecule has 0 aliphatic carbocycles. The Morgan fingerprint density at radius 3 is 2.14 bits per heavy atom. The molecule has 0 spiro atoms. The van der Waals surface area contributed by atoms with Crippen molar-refractivity contribution in [3.8, 4) is 0 Å². The van der Waals surface area contributed by atoms with E-state index in [4.69, 9.17) is 46.4 Å². The zero-order valence-corrected chi connectivity index (χ0v) is 19.3. The summed E-state index contributed by atoms with van der Waals surface area (Å²) in [5.41, 5.74) is 1.20. The van der Waals surface area contributed by atoms with Gasteiger partial charge in [-0.3, -0.25) is 9.59 Å². The highest BCUT2D eigenvalue weighted by molar-refractivity contribution is 6.36. The zero-order valence-electron chi connectivity index (χ0n) is 16.3. The van der Waals surface area contributed by atoms with E-state index in [1.54, 1.807) is 43.3 Å². The van der Waals surface area contributed by atoms with Gasteiger partial charge < -0.3 is 10.2 Å². The van der Waals surface area contributed by atoms with Crippen molar-refractivity contribution in [2.75, 3.05) is 0 Å². The van der Waals surface area contributed by atoms with Crippen LogP contribution in [0.25, 0.3) is 0 Å². The second-order valence-corrected chi connectivity index (χ2v) is 8.63. The number of carbonyl (C=O) groups is 2. The van der Waals surface area contributed by atoms with E-state index < -0.39 is 6.04 Å². The summed E-state index contributed by atoms with van der Waals surface area (Å²) in [6.07, 6.45) is -0.0387. The highest BCUT2D eigenvalue weighted by Gasteiger charge is 2.28. The average Bonchev–Trinajstić information content (AvgIpc) is 2.63. The lowest BCUT2D eigenvalue weighted by atomic mass is 10.1. The summed E-state index contributed by atoms with van der Waals surface area (Å²) in [5.74, 6) is -0.555. The van der Waals surface area contributed by atoms with Gasteiger partial charge in [0.05, 0.1) is 6.42 Å². The smallest absolute Gasteiger partial charge is 0.242 e. The van der Waals surface area contributed by atoms with Crippen molar-refractivity contribution in [2.24, 2.45) is 0 Å².